The minimum Gasteiger partial charge on any atom is -0.469 e. The standard InChI is InChI=1S/C11H11ClO2/c1-14-11(13)10-4-2-7-6-8(12)3-5-9(7)10/h3,5-6,10H,2,4H2,1H3/t10-/m1/s1. The molecule has 0 radical (unpaired) electrons. The predicted molar refractivity (Wildman–Crippen MR) is 54.5 cm³/mol. The number of methoxy groups -OCH3 is 1. The van der Waals surface area contributed by atoms with Crippen molar-refractivity contribution >= 4 is 17.6 Å². The lowest BCUT2D eigenvalue weighted by molar-refractivity contribution is -0.142. The predicted octanol–water partition coefficient (Wildman–Crippen LogP) is 2.54. The first-order valence-corrected chi connectivity index (χ1v) is 4.96. The molecular weight excluding hydrogens is 200 g/mol. The Morgan fingerprint density at radius 1 is 1.57 bits per heavy atom. The van der Waals surface area contributed by atoms with Crippen LogP contribution in [-0.4, -0.2) is 13.1 Å². The highest BCUT2D eigenvalue weighted by molar-refractivity contribution is 6.30. The van der Waals surface area contributed by atoms with Gasteiger partial charge in [0.1, 0.15) is 0 Å². The van der Waals surface area contributed by atoms with Crippen LogP contribution in [0.5, 0.6) is 0 Å². The minimum atomic E-state index is -0.147. The van der Waals surface area contributed by atoms with Gasteiger partial charge >= 0.3 is 5.97 Å². The van der Waals surface area contributed by atoms with E-state index in [1.807, 2.05) is 18.2 Å². The molecule has 0 heterocycles. The van der Waals surface area contributed by atoms with Crippen LogP contribution >= 0.6 is 11.6 Å². The molecule has 1 aliphatic carbocycles. The van der Waals surface area contributed by atoms with Gasteiger partial charge in [0.2, 0.25) is 0 Å². The second-order valence-corrected chi connectivity index (χ2v) is 3.89. The molecule has 2 nitrogen and oxygen atoms in total. The number of fused-ring (bicyclic) bond motifs is 1. The van der Waals surface area contributed by atoms with E-state index in [9.17, 15) is 4.79 Å². The van der Waals surface area contributed by atoms with Crippen LogP contribution in [0.4, 0.5) is 0 Å². The fourth-order valence-electron chi connectivity index (χ4n) is 1.97. The number of carbonyl (C=O) groups excluding carboxylic acids is 1. The van der Waals surface area contributed by atoms with Gasteiger partial charge < -0.3 is 4.74 Å². The van der Waals surface area contributed by atoms with Crippen LogP contribution < -0.4 is 0 Å². The molecular formula is C11H11ClO2. The second kappa shape index (κ2) is 3.62. The zero-order valence-corrected chi connectivity index (χ0v) is 8.67. The van der Waals surface area contributed by atoms with E-state index in [0.29, 0.717) is 0 Å². The Kier molecular flexibility index (Phi) is 2.46. The summed E-state index contributed by atoms with van der Waals surface area (Å²) in [5, 5.41) is 0.731. The van der Waals surface area contributed by atoms with Crippen LogP contribution in [0.2, 0.25) is 5.02 Å². The van der Waals surface area contributed by atoms with Gasteiger partial charge in [-0.1, -0.05) is 17.7 Å². The molecule has 1 atom stereocenters. The fraction of sp³-hybridized carbons (Fsp3) is 0.364. The molecule has 0 saturated carbocycles. The summed E-state index contributed by atoms with van der Waals surface area (Å²) in [4.78, 5) is 11.4. The Bertz CT molecular complexity index is 374. The number of benzene rings is 1. The van der Waals surface area contributed by atoms with Crippen LogP contribution in [0, 0.1) is 0 Å². The van der Waals surface area contributed by atoms with Crippen molar-refractivity contribution in [3.05, 3.63) is 34.3 Å². The highest BCUT2D eigenvalue weighted by Crippen LogP contribution is 2.35. The van der Waals surface area contributed by atoms with Crippen molar-refractivity contribution in [2.75, 3.05) is 7.11 Å². The van der Waals surface area contributed by atoms with Crippen molar-refractivity contribution in [2.45, 2.75) is 18.8 Å². The van der Waals surface area contributed by atoms with E-state index in [1.54, 1.807) is 0 Å². The minimum absolute atomic E-state index is 0.0905. The number of hydrogen-bond donors (Lipinski definition) is 0. The molecule has 0 spiro atoms. The van der Waals surface area contributed by atoms with E-state index in [4.69, 9.17) is 16.3 Å². The van der Waals surface area contributed by atoms with Gasteiger partial charge in [0.25, 0.3) is 0 Å². The highest BCUT2D eigenvalue weighted by atomic mass is 35.5. The summed E-state index contributed by atoms with van der Waals surface area (Å²) >= 11 is 5.87. The van der Waals surface area contributed by atoms with Gasteiger partial charge in [-0.05, 0) is 36.1 Å². The van der Waals surface area contributed by atoms with Gasteiger partial charge in [0, 0.05) is 5.02 Å². The maximum atomic E-state index is 11.4. The number of aryl methyl sites for hydroxylation is 1. The lowest BCUT2D eigenvalue weighted by Crippen LogP contribution is -2.11. The zero-order chi connectivity index (χ0) is 10.1. The number of halogens is 1. The largest absolute Gasteiger partial charge is 0.469 e. The lowest BCUT2D eigenvalue weighted by Gasteiger charge is -2.08. The van der Waals surface area contributed by atoms with Crippen LogP contribution in [-0.2, 0) is 16.0 Å². The number of ether oxygens (including phenoxy) is 1. The summed E-state index contributed by atoms with van der Waals surface area (Å²) < 4.78 is 4.75. The summed E-state index contributed by atoms with van der Waals surface area (Å²) in [5.74, 6) is -0.238. The van der Waals surface area contributed by atoms with E-state index in [1.165, 1.54) is 12.7 Å². The molecule has 3 heteroatoms. The van der Waals surface area contributed by atoms with Gasteiger partial charge in [-0.3, -0.25) is 4.79 Å². The van der Waals surface area contributed by atoms with Gasteiger partial charge in [-0.25, -0.2) is 0 Å². The smallest absolute Gasteiger partial charge is 0.313 e. The zero-order valence-electron chi connectivity index (χ0n) is 7.92. The summed E-state index contributed by atoms with van der Waals surface area (Å²) in [6.45, 7) is 0. The SMILES string of the molecule is COC(=O)[C@@H]1CCc2cc(Cl)ccc21. The van der Waals surface area contributed by atoms with E-state index in [-0.39, 0.29) is 11.9 Å². The Morgan fingerprint density at radius 3 is 3.07 bits per heavy atom. The molecule has 2 rings (SSSR count). The number of carbonyl (C=O) groups is 1. The monoisotopic (exact) mass is 210 g/mol. The van der Waals surface area contributed by atoms with E-state index < -0.39 is 0 Å². The summed E-state index contributed by atoms with van der Waals surface area (Å²) in [7, 11) is 1.43. The molecule has 1 aromatic rings. The Balaban J connectivity index is 2.35. The Hall–Kier alpha value is -1.02. The molecule has 0 saturated heterocycles. The van der Waals surface area contributed by atoms with Crippen LogP contribution in [0.3, 0.4) is 0 Å². The topological polar surface area (TPSA) is 26.3 Å². The Labute approximate surface area is 87.8 Å². The molecule has 74 valence electrons. The highest BCUT2D eigenvalue weighted by Gasteiger charge is 2.29. The third kappa shape index (κ3) is 1.50. The molecule has 0 fully saturated rings. The molecule has 1 aliphatic rings. The molecule has 0 aromatic heterocycles. The van der Waals surface area contributed by atoms with Crippen LogP contribution in [0.1, 0.15) is 23.5 Å². The van der Waals surface area contributed by atoms with Crippen molar-refractivity contribution in [3.63, 3.8) is 0 Å². The number of rotatable bonds is 1. The average molecular weight is 211 g/mol. The van der Waals surface area contributed by atoms with Crippen molar-refractivity contribution in [1.82, 2.24) is 0 Å². The van der Waals surface area contributed by atoms with E-state index in [2.05, 4.69) is 0 Å². The molecule has 0 N–H and O–H groups in total. The first-order chi connectivity index (χ1) is 6.72. The fourth-order valence-corrected chi connectivity index (χ4v) is 2.17. The maximum Gasteiger partial charge on any atom is 0.313 e. The van der Waals surface area contributed by atoms with Gasteiger partial charge in [0.15, 0.2) is 0 Å². The van der Waals surface area contributed by atoms with Crippen molar-refractivity contribution in [3.8, 4) is 0 Å². The van der Waals surface area contributed by atoms with Crippen molar-refractivity contribution < 1.29 is 9.53 Å². The third-order valence-electron chi connectivity index (χ3n) is 2.67. The van der Waals surface area contributed by atoms with Gasteiger partial charge in [-0.15, -0.1) is 0 Å². The maximum absolute atomic E-state index is 11.4. The van der Waals surface area contributed by atoms with Crippen LogP contribution in [0.15, 0.2) is 18.2 Å². The molecule has 0 aliphatic heterocycles. The summed E-state index contributed by atoms with van der Waals surface area (Å²) in [5.41, 5.74) is 2.24. The van der Waals surface area contributed by atoms with E-state index >= 15 is 0 Å². The quantitative estimate of drug-likeness (QED) is 0.666. The summed E-state index contributed by atoms with van der Waals surface area (Å²) in [6.07, 6.45) is 1.75. The molecule has 0 unspecified atom stereocenters. The van der Waals surface area contributed by atoms with Crippen molar-refractivity contribution in [2.24, 2.45) is 0 Å². The Morgan fingerprint density at radius 2 is 2.36 bits per heavy atom. The van der Waals surface area contributed by atoms with Crippen LogP contribution in [0.25, 0.3) is 0 Å². The average Bonchev–Trinajstić information content (AvgIpc) is 2.59. The van der Waals surface area contributed by atoms with Crippen molar-refractivity contribution in [1.29, 1.82) is 0 Å². The normalized spacial score (nSPS) is 19.1. The molecule has 0 bridgehead atoms. The third-order valence-corrected chi connectivity index (χ3v) is 2.90. The molecule has 1 aromatic carbocycles. The van der Waals surface area contributed by atoms with Gasteiger partial charge in [-0.2, -0.15) is 0 Å². The van der Waals surface area contributed by atoms with Gasteiger partial charge in [0.05, 0.1) is 13.0 Å². The summed E-state index contributed by atoms with van der Waals surface area (Å²) in [6, 6.07) is 5.67. The first-order valence-electron chi connectivity index (χ1n) is 4.58. The second-order valence-electron chi connectivity index (χ2n) is 3.46. The molecule has 14 heavy (non-hydrogen) atoms. The number of esters is 1. The first kappa shape index (κ1) is 9.53. The lowest BCUT2D eigenvalue weighted by atomic mass is 10.0. The van der Waals surface area contributed by atoms with E-state index in [0.717, 1.165) is 23.4 Å². The number of hydrogen-bond acceptors (Lipinski definition) is 2. The molecule has 0 amide bonds.